The van der Waals surface area contributed by atoms with Gasteiger partial charge < -0.3 is 0 Å². The van der Waals surface area contributed by atoms with Crippen molar-refractivity contribution in [1.29, 1.82) is 0 Å². The fourth-order valence-electron chi connectivity index (χ4n) is 2.20. The van der Waals surface area contributed by atoms with E-state index in [1.54, 1.807) is 18.2 Å². The zero-order valence-corrected chi connectivity index (χ0v) is 13.2. The van der Waals surface area contributed by atoms with Gasteiger partial charge in [0.05, 0.1) is 0 Å². The monoisotopic (exact) mass is 292 g/mol. The normalized spacial score (nSPS) is 11.6. The van der Waals surface area contributed by atoms with Crippen LogP contribution in [0.5, 0.6) is 0 Å². The summed E-state index contributed by atoms with van der Waals surface area (Å²) in [6.45, 7) is 6.55. The van der Waals surface area contributed by atoms with E-state index in [2.05, 4.69) is 45.0 Å². The van der Waals surface area contributed by atoms with Crippen molar-refractivity contribution in [2.75, 3.05) is 0 Å². The van der Waals surface area contributed by atoms with Crippen LogP contribution in [0.25, 0.3) is 12.2 Å². The van der Waals surface area contributed by atoms with E-state index in [9.17, 15) is 9.59 Å². The third kappa shape index (κ3) is 3.79. The molecule has 0 aliphatic rings. The second-order valence-electron chi connectivity index (χ2n) is 6.33. The molecule has 2 heteroatoms. The Bertz CT molecular complexity index is 701. The molecule has 0 radical (unpaired) electrons. The topological polar surface area (TPSA) is 34.1 Å². The molecule has 0 heterocycles. The Labute approximate surface area is 131 Å². The maximum Gasteiger partial charge on any atom is 0.150 e. The van der Waals surface area contributed by atoms with Gasteiger partial charge in [-0.2, -0.15) is 0 Å². The fraction of sp³-hybridized carbons (Fsp3) is 0.200. The molecular weight excluding hydrogens is 272 g/mol. The van der Waals surface area contributed by atoms with Gasteiger partial charge in [0.1, 0.15) is 6.29 Å². The molecule has 2 nitrogen and oxygen atoms in total. The van der Waals surface area contributed by atoms with E-state index < -0.39 is 0 Å². The Kier molecular flexibility index (Phi) is 4.71. The first-order valence-corrected chi connectivity index (χ1v) is 7.27. The van der Waals surface area contributed by atoms with Gasteiger partial charge in [0.25, 0.3) is 0 Å². The number of carbonyl (C=O) groups excluding carboxylic acids is 2. The minimum Gasteiger partial charge on any atom is -0.298 e. The molecule has 0 saturated heterocycles. The Morgan fingerprint density at radius 3 is 1.91 bits per heavy atom. The van der Waals surface area contributed by atoms with Crippen LogP contribution in [0.15, 0.2) is 42.5 Å². The van der Waals surface area contributed by atoms with Gasteiger partial charge in [0.2, 0.25) is 0 Å². The molecule has 0 unspecified atom stereocenters. The number of hydrogen-bond acceptors (Lipinski definition) is 2. The van der Waals surface area contributed by atoms with Crippen LogP contribution >= 0.6 is 0 Å². The maximum atomic E-state index is 11.1. The molecule has 0 saturated carbocycles. The summed E-state index contributed by atoms with van der Waals surface area (Å²) in [5.41, 5.74) is 4.33. The smallest absolute Gasteiger partial charge is 0.150 e. The maximum absolute atomic E-state index is 11.1. The van der Waals surface area contributed by atoms with Crippen molar-refractivity contribution < 1.29 is 9.59 Å². The summed E-state index contributed by atoms with van der Waals surface area (Å²) in [5.74, 6) is 0. The molecule has 22 heavy (non-hydrogen) atoms. The highest BCUT2D eigenvalue weighted by molar-refractivity contribution is 5.88. The summed E-state index contributed by atoms with van der Waals surface area (Å²) in [5, 5.41) is 0. The van der Waals surface area contributed by atoms with Crippen molar-refractivity contribution in [1.82, 2.24) is 0 Å². The van der Waals surface area contributed by atoms with Crippen LogP contribution in [-0.2, 0) is 5.41 Å². The first kappa shape index (κ1) is 15.9. The van der Waals surface area contributed by atoms with Crippen LogP contribution in [-0.4, -0.2) is 12.6 Å². The van der Waals surface area contributed by atoms with Crippen LogP contribution in [0.1, 0.15) is 58.2 Å². The van der Waals surface area contributed by atoms with Crippen molar-refractivity contribution in [3.8, 4) is 0 Å². The molecule has 2 aromatic carbocycles. The van der Waals surface area contributed by atoms with Crippen LogP contribution in [0.3, 0.4) is 0 Å². The standard InChI is InChI=1S/C20H20O2/c1-20(2,3)19-10-6-15(7-11-19)4-8-17-9-5-16(13-21)12-18(17)14-22/h4-14H,1-3H3/b8-4+. The highest BCUT2D eigenvalue weighted by Gasteiger charge is 2.12. The third-order valence-corrected chi connectivity index (χ3v) is 3.61. The molecule has 0 aromatic heterocycles. The molecule has 0 spiro atoms. The van der Waals surface area contributed by atoms with Gasteiger partial charge in [0.15, 0.2) is 6.29 Å². The SMILES string of the molecule is CC(C)(C)c1ccc(/C=C/c2ccc(C=O)cc2C=O)cc1. The summed E-state index contributed by atoms with van der Waals surface area (Å²) in [6.07, 6.45) is 5.38. The van der Waals surface area contributed by atoms with Crippen LogP contribution in [0.4, 0.5) is 0 Å². The Morgan fingerprint density at radius 1 is 0.727 bits per heavy atom. The number of rotatable bonds is 4. The fourth-order valence-corrected chi connectivity index (χ4v) is 2.20. The number of aldehydes is 2. The predicted molar refractivity (Wildman–Crippen MR) is 91.3 cm³/mol. The molecule has 0 fully saturated rings. The molecule has 0 atom stereocenters. The molecule has 0 bridgehead atoms. The summed E-state index contributed by atoms with van der Waals surface area (Å²) in [6, 6.07) is 13.5. The Hall–Kier alpha value is -2.48. The van der Waals surface area contributed by atoms with E-state index in [0.717, 1.165) is 23.7 Å². The average molecular weight is 292 g/mol. The number of hydrogen-bond donors (Lipinski definition) is 0. The molecule has 112 valence electrons. The lowest BCUT2D eigenvalue weighted by molar-refractivity contribution is 0.112. The van der Waals surface area contributed by atoms with E-state index in [4.69, 9.17) is 0 Å². The molecule has 0 aliphatic carbocycles. The van der Waals surface area contributed by atoms with Gasteiger partial charge in [-0.1, -0.05) is 69.3 Å². The Morgan fingerprint density at radius 2 is 1.36 bits per heavy atom. The van der Waals surface area contributed by atoms with E-state index in [1.807, 2.05) is 12.2 Å². The van der Waals surface area contributed by atoms with E-state index >= 15 is 0 Å². The number of carbonyl (C=O) groups is 2. The molecule has 2 aromatic rings. The van der Waals surface area contributed by atoms with Gasteiger partial charge in [-0.05, 0) is 28.2 Å². The molecule has 0 amide bonds. The lowest BCUT2D eigenvalue weighted by Gasteiger charge is -2.18. The second kappa shape index (κ2) is 6.52. The largest absolute Gasteiger partial charge is 0.298 e. The lowest BCUT2D eigenvalue weighted by atomic mass is 9.86. The van der Waals surface area contributed by atoms with Gasteiger partial charge >= 0.3 is 0 Å². The minimum absolute atomic E-state index is 0.137. The number of benzene rings is 2. The highest BCUT2D eigenvalue weighted by atomic mass is 16.1. The van der Waals surface area contributed by atoms with Crippen molar-refractivity contribution in [2.45, 2.75) is 26.2 Å². The van der Waals surface area contributed by atoms with Crippen molar-refractivity contribution >= 4 is 24.7 Å². The molecule has 2 rings (SSSR count). The van der Waals surface area contributed by atoms with Gasteiger partial charge in [-0.3, -0.25) is 9.59 Å². The third-order valence-electron chi connectivity index (χ3n) is 3.61. The van der Waals surface area contributed by atoms with Crippen LogP contribution in [0, 0.1) is 0 Å². The zero-order chi connectivity index (χ0) is 16.2. The van der Waals surface area contributed by atoms with Crippen molar-refractivity contribution in [3.63, 3.8) is 0 Å². The second-order valence-corrected chi connectivity index (χ2v) is 6.33. The zero-order valence-electron chi connectivity index (χ0n) is 13.2. The summed E-state index contributed by atoms with van der Waals surface area (Å²) in [7, 11) is 0. The summed E-state index contributed by atoms with van der Waals surface area (Å²) < 4.78 is 0. The quantitative estimate of drug-likeness (QED) is 0.600. The van der Waals surface area contributed by atoms with Crippen molar-refractivity contribution in [2.24, 2.45) is 0 Å². The minimum atomic E-state index is 0.137. The summed E-state index contributed by atoms with van der Waals surface area (Å²) >= 11 is 0. The predicted octanol–water partition coefficient (Wildman–Crippen LogP) is 4.78. The summed E-state index contributed by atoms with van der Waals surface area (Å²) in [4.78, 5) is 21.9. The van der Waals surface area contributed by atoms with Gasteiger partial charge in [-0.25, -0.2) is 0 Å². The first-order chi connectivity index (χ1) is 10.4. The average Bonchev–Trinajstić information content (AvgIpc) is 2.52. The Balaban J connectivity index is 2.25. The molecule has 0 aliphatic heterocycles. The van der Waals surface area contributed by atoms with E-state index in [-0.39, 0.29) is 5.41 Å². The van der Waals surface area contributed by atoms with E-state index in [0.29, 0.717) is 11.1 Å². The van der Waals surface area contributed by atoms with E-state index in [1.165, 1.54) is 5.56 Å². The molecular formula is C20H20O2. The van der Waals surface area contributed by atoms with Gasteiger partial charge in [-0.15, -0.1) is 0 Å². The lowest BCUT2D eigenvalue weighted by Crippen LogP contribution is -2.10. The van der Waals surface area contributed by atoms with Crippen LogP contribution in [0.2, 0.25) is 0 Å². The first-order valence-electron chi connectivity index (χ1n) is 7.27. The highest BCUT2D eigenvalue weighted by Crippen LogP contribution is 2.23. The van der Waals surface area contributed by atoms with Crippen LogP contribution < -0.4 is 0 Å². The molecule has 0 N–H and O–H groups in total. The van der Waals surface area contributed by atoms with Crippen molar-refractivity contribution in [3.05, 3.63) is 70.3 Å². The van der Waals surface area contributed by atoms with Gasteiger partial charge in [0, 0.05) is 11.1 Å².